The van der Waals surface area contributed by atoms with E-state index in [0.717, 1.165) is 5.56 Å². The fourth-order valence-electron chi connectivity index (χ4n) is 0.998. The van der Waals surface area contributed by atoms with Crippen LogP contribution < -0.4 is 0 Å². The quantitative estimate of drug-likeness (QED) is 0.720. The van der Waals surface area contributed by atoms with Crippen LogP contribution in [0.15, 0.2) is 18.5 Å². The van der Waals surface area contributed by atoms with Gasteiger partial charge in [0, 0.05) is 18.5 Å². The van der Waals surface area contributed by atoms with Gasteiger partial charge < -0.3 is 0 Å². The van der Waals surface area contributed by atoms with Gasteiger partial charge in [0.2, 0.25) is 5.82 Å². The van der Waals surface area contributed by atoms with Crippen molar-refractivity contribution in [2.45, 2.75) is 6.92 Å². The maximum atomic E-state index is 5.74. The number of aryl methyl sites for hydroxylation is 1. The number of hydrogen-bond acceptors (Lipinski definition) is 4. The van der Waals surface area contributed by atoms with Crippen molar-refractivity contribution in [2.75, 3.05) is 0 Å². The third-order valence-electron chi connectivity index (χ3n) is 1.64. The summed E-state index contributed by atoms with van der Waals surface area (Å²) in [5.74, 6) is 0.734. The summed E-state index contributed by atoms with van der Waals surface area (Å²) in [5.41, 5.74) is 0.965. The summed E-state index contributed by atoms with van der Waals surface area (Å²) in [5, 5.41) is 0.545. The van der Waals surface area contributed by atoms with E-state index >= 15 is 0 Å². The maximum absolute atomic E-state index is 5.74. The average molecular weight is 241 g/mol. The molecule has 0 atom stereocenters. The van der Waals surface area contributed by atoms with Crippen LogP contribution in [0.2, 0.25) is 10.3 Å². The molecule has 0 bridgehead atoms. The van der Waals surface area contributed by atoms with Crippen LogP contribution in [-0.2, 0) is 0 Å². The lowest BCUT2D eigenvalue weighted by Gasteiger charge is -1.99. The summed E-state index contributed by atoms with van der Waals surface area (Å²) in [7, 11) is 0. The van der Waals surface area contributed by atoms with Crippen molar-refractivity contribution in [1.29, 1.82) is 0 Å². The van der Waals surface area contributed by atoms with Crippen LogP contribution in [0.4, 0.5) is 0 Å². The Bertz CT molecular complexity index is 464. The lowest BCUT2D eigenvalue weighted by atomic mass is 10.4. The zero-order valence-corrected chi connectivity index (χ0v) is 9.29. The van der Waals surface area contributed by atoms with Gasteiger partial charge in [-0.1, -0.05) is 23.2 Å². The van der Waals surface area contributed by atoms with Gasteiger partial charge in [0.1, 0.15) is 10.3 Å². The van der Waals surface area contributed by atoms with Crippen molar-refractivity contribution >= 4 is 23.2 Å². The van der Waals surface area contributed by atoms with Gasteiger partial charge in [0.05, 0.1) is 0 Å². The van der Waals surface area contributed by atoms with Gasteiger partial charge in [-0.25, -0.2) is 19.9 Å². The molecule has 0 spiro atoms. The third kappa shape index (κ3) is 2.40. The molecular formula is C9H6Cl2N4. The third-order valence-corrected chi connectivity index (χ3v) is 2.03. The van der Waals surface area contributed by atoms with Crippen molar-refractivity contribution in [3.63, 3.8) is 0 Å². The highest BCUT2D eigenvalue weighted by Gasteiger charge is 2.06. The highest BCUT2D eigenvalue weighted by molar-refractivity contribution is 6.33. The van der Waals surface area contributed by atoms with Crippen LogP contribution >= 0.6 is 23.2 Å². The molecule has 0 aromatic carbocycles. The molecule has 2 aromatic heterocycles. The summed E-state index contributed by atoms with van der Waals surface area (Å²) >= 11 is 11.5. The maximum Gasteiger partial charge on any atom is 0.200 e. The normalized spacial score (nSPS) is 10.3. The van der Waals surface area contributed by atoms with E-state index < -0.39 is 0 Å². The zero-order valence-electron chi connectivity index (χ0n) is 7.78. The van der Waals surface area contributed by atoms with Crippen molar-refractivity contribution in [1.82, 2.24) is 19.9 Å². The summed E-state index contributed by atoms with van der Waals surface area (Å²) in [6, 6.07) is 1.46. The van der Waals surface area contributed by atoms with E-state index in [1.54, 1.807) is 12.4 Å². The number of hydrogen-bond donors (Lipinski definition) is 0. The smallest absolute Gasteiger partial charge is 0.200 e. The Morgan fingerprint density at radius 2 is 1.47 bits per heavy atom. The number of rotatable bonds is 1. The molecule has 0 saturated carbocycles. The number of aromatic nitrogens is 4. The molecule has 2 heterocycles. The Kier molecular flexibility index (Phi) is 2.79. The lowest BCUT2D eigenvalue weighted by molar-refractivity contribution is 1.06. The molecular weight excluding hydrogens is 235 g/mol. The van der Waals surface area contributed by atoms with Gasteiger partial charge in [0.25, 0.3) is 0 Å². The van der Waals surface area contributed by atoms with Crippen LogP contribution in [0.5, 0.6) is 0 Å². The highest BCUT2D eigenvalue weighted by Crippen LogP contribution is 2.16. The van der Waals surface area contributed by atoms with Crippen LogP contribution in [0.3, 0.4) is 0 Å². The van der Waals surface area contributed by atoms with Crippen LogP contribution in [0.25, 0.3) is 11.6 Å². The van der Waals surface area contributed by atoms with Crippen LogP contribution in [-0.4, -0.2) is 19.9 Å². The zero-order chi connectivity index (χ0) is 10.8. The second-order valence-electron chi connectivity index (χ2n) is 2.92. The summed E-state index contributed by atoms with van der Waals surface area (Å²) in [6.45, 7) is 1.90. The second-order valence-corrected chi connectivity index (χ2v) is 3.70. The first kappa shape index (κ1) is 10.3. The Balaban J connectivity index is 2.49. The standard InChI is InChI=1S/C9H6Cl2N4/c1-5-3-12-8(13-4-5)9-14-6(10)2-7(11)15-9/h2-4H,1H3. The molecule has 0 amide bonds. The summed E-state index contributed by atoms with van der Waals surface area (Å²) in [4.78, 5) is 16.1. The predicted octanol–water partition coefficient (Wildman–Crippen LogP) is 2.55. The van der Waals surface area contributed by atoms with Gasteiger partial charge in [-0.05, 0) is 12.5 Å². The molecule has 15 heavy (non-hydrogen) atoms. The molecule has 4 nitrogen and oxygen atoms in total. The molecule has 0 unspecified atom stereocenters. The van der Waals surface area contributed by atoms with E-state index in [1.807, 2.05) is 6.92 Å². The minimum absolute atomic E-state index is 0.272. The van der Waals surface area contributed by atoms with Gasteiger partial charge in [-0.3, -0.25) is 0 Å². The molecule has 0 saturated heterocycles. The van der Waals surface area contributed by atoms with E-state index in [-0.39, 0.29) is 10.3 Å². The first-order valence-corrected chi connectivity index (χ1v) is 4.90. The minimum Gasteiger partial charge on any atom is -0.234 e. The fraction of sp³-hybridized carbons (Fsp3) is 0.111. The van der Waals surface area contributed by atoms with Gasteiger partial charge in [0.15, 0.2) is 5.82 Å². The Morgan fingerprint density at radius 3 is 2.00 bits per heavy atom. The van der Waals surface area contributed by atoms with Crippen molar-refractivity contribution in [2.24, 2.45) is 0 Å². The molecule has 0 aliphatic rings. The highest BCUT2D eigenvalue weighted by atomic mass is 35.5. The molecule has 0 aliphatic carbocycles. The minimum atomic E-state index is 0.272. The Morgan fingerprint density at radius 1 is 0.933 bits per heavy atom. The molecule has 0 fully saturated rings. The molecule has 0 radical (unpaired) electrons. The topological polar surface area (TPSA) is 51.6 Å². The van der Waals surface area contributed by atoms with Gasteiger partial charge in [-0.2, -0.15) is 0 Å². The van der Waals surface area contributed by atoms with E-state index in [9.17, 15) is 0 Å². The van der Waals surface area contributed by atoms with E-state index in [2.05, 4.69) is 19.9 Å². The predicted molar refractivity (Wildman–Crippen MR) is 57.8 cm³/mol. The SMILES string of the molecule is Cc1cnc(-c2nc(Cl)cc(Cl)n2)nc1. The second kappa shape index (κ2) is 4.08. The molecule has 0 N–H and O–H groups in total. The summed E-state index contributed by atoms with van der Waals surface area (Å²) < 4.78 is 0. The first-order chi connectivity index (χ1) is 7.15. The molecule has 0 aliphatic heterocycles. The van der Waals surface area contributed by atoms with Crippen molar-refractivity contribution in [3.8, 4) is 11.6 Å². The fourth-order valence-corrected chi connectivity index (χ4v) is 1.42. The molecule has 76 valence electrons. The van der Waals surface area contributed by atoms with Crippen molar-refractivity contribution < 1.29 is 0 Å². The molecule has 2 rings (SSSR count). The first-order valence-electron chi connectivity index (χ1n) is 4.14. The van der Waals surface area contributed by atoms with E-state index in [1.165, 1.54) is 6.07 Å². The lowest BCUT2D eigenvalue weighted by Crippen LogP contribution is -1.95. The largest absolute Gasteiger partial charge is 0.234 e. The Hall–Kier alpha value is -1.26. The van der Waals surface area contributed by atoms with Crippen LogP contribution in [0.1, 0.15) is 5.56 Å². The molecule has 2 aromatic rings. The molecule has 6 heteroatoms. The monoisotopic (exact) mass is 240 g/mol. The van der Waals surface area contributed by atoms with Crippen molar-refractivity contribution in [3.05, 3.63) is 34.3 Å². The van der Waals surface area contributed by atoms with Crippen LogP contribution in [0, 0.1) is 6.92 Å². The van der Waals surface area contributed by atoms with E-state index in [0.29, 0.717) is 11.6 Å². The van der Waals surface area contributed by atoms with Gasteiger partial charge >= 0.3 is 0 Å². The Labute approximate surface area is 96.3 Å². The average Bonchev–Trinajstić information content (AvgIpc) is 2.17. The number of halogens is 2. The van der Waals surface area contributed by atoms with E-state index in [4.69, 9.17) is 23.2 Å². The summed E-state index contributed by atoms with van der Waals surface area (Å²) in [6.07, 6.45) is 3.36. The van der Waals surface area contributed by atoms with Gasteiger partial charge in [-0.15, -0.1) is 0 Å². The number of nitrogens with zero attached hydrogens (tertiary/aromatic N) is 4.